The molecule has 124 valence electrons. The molecule has 0 aromatic heterocycles. The highest BCUT2D eigenvalue weighted by atomic mass is 16.5. The minimum absolute atomic E-state index is 0.00447. The normalized spacial score (nSPS) is 17.8. The second-order valence-corrected chi connectivity index (χ2v) is 5.09. The van der Waals surface area contributed by atoms with E-state index in [0.29, 0.717) is 29.2 Å². The zero-order valence-electron chi connectivity index (χ0n) is 13.5. The Kier molecular flexibility index (Phi) is 4.78. The van der Waals surface area contributed by atoms with Crippen molar-refractivity contribution in [1.82, 2.24) is 10.2 Å². The van der Waals surface area contributed by atoms with Gasteiger partial charge < -0.3 is 24.8 Å². The van der Waals surface area contributed by atoms with Gasteiger partial charge in [-0.1, -0.05) is 6.07 Å². The van der Waals surface area contributed by atoms with Gasteiger partial charge in [0.15, 0.2) is 11.5 Å². The van der Waals surface area contributed by atoms with Gasteiger partial charge in [-0.05, 0) is 31.5 Å². The molecular formula is C16H20N2O5. The topological polar surface area (TPSA) is 88.1 Å². The molecule has 1 heterocycles. The van der Waals surface area contributed by atoms with E-state index in [1.165, 1.54) is 18.1 Å². The summed E-state index contributed by atoms with van der Waals surface area (Å²) in [5, 5.41) is 12.6. The molecule has 0 saturated heterocycles. The van der Waals surface area contributed by atoms with Crippen molar-refractivity contribution in [2.75, 3.05) is 20.8 Å². The molecule has 0 radical (unpaired) electrons. The Morgan fingerprint density at radius 2 is 2.13 bits per heavy atom. The highest BCUT2D eigenvalue weighted by Crippen LogP contribution is 2.35. The van der Waals surface area contributed by atoms with E-state index in [1.807, 2.05) is 0 Å². The van der Waals surface area contributed by atoms with Crippen LogP contribution in [0.4, 0.5) is 4.79 Å². The first kappa shape index (κ1) is 16.7. The molecule has 7 nitrogen and oxygen atoms in total. The lowest BCUT2D eigenvalue weighted by Crippen LogP contribution is -2.46. The number of benzene rings is 1. The number of aromatic hydroxyl groups is 1. The number of esters is 1. The van der Waals surface area contributed by atoms with Crippen LogP contribution in [-0.2, 0) is 9.53 Å². The fourth-order valence-corrected chi connectivity index (χ4v) is 2.44. The Hall–Kier alpha value is -2.70. The number of methoxy groups -OCH3 is 1. The van der Waals surface area contributed by atoms with Crippen molar-refractivity contribution in [3.63, 3.8) is 0 Å². The smallest absolute Gasteiger partial charge is 0.337 e. The molecule has 0 unspecified atom stereocenters. The summed E-state index contributed by atoms with van der Waals surface area (Å²) in [6.07, 6.45) is 0. The molecule has 2 amide bonds. The first-order valence-corrected chi connectivity index (χ1v) is 7.19. The summed E-state index contributed by atoms with van der Waals surface area (Å²) in [5.74, 6) is -0.236. The van der Waals surface area contributed by atoms with Crippen molar-refractivity contribution in [1.29, 1.82) is 0 Å². The fraction of sp³-hybridized carbons (Fsp3) is 0.375. The second kappa shape index (κ2) is 6.60. The Bertz CT molecular complexity index is 668. The molecular weight excluding hydrogens is 300 g/mol. The minimum Gasteiger partial charge on any atom is -0.504 e. The van der Waals surface area contributed by atoms with Crippen LogP contribution in [0.2, 0.25) is 0 Å². The van der Waals surface area contributed by atoms with Gasteiger partial charge in [-0.25, -0.2) is 9.59 Å². The van der Waals surface area contributed by atoms with Gasteiger partial charge in [0.25, 0.3) is 0 Å². The number of ether oxygens (including phenoxy) is 2. The summed E-state index contributed by atoms with van der Waals surface area (Å²) in [5.41, 5.74) is 1.46. The van der Waals surface area contributed by atoms with E-state index >= 15 is 0 Å². The molecule has 1 atom stereocenters. The molecule has 1 aliphatic heterocycles. The number of amides is 2. The van der Waals surface area contributed by atoms with E-state index in [4.69, 9.17) is 9.47 Å². The molecule has 23 heavy (non-hydrogen) atoms. The second-order valence-electron chi connectivity index (χ2n) is 5.09. The predicted molar refractivity (Wildman–Crippen MR) is 83.0 cm³/mol. The van der Waals surface area contributed by atoms with Crippen molar-refractivity contribution < 1.29 is 24.2 Å². The van der Waals surface area contributed by atoms with Crippen molar-refractivity contribution in [3.8, 4) is 11.5 Å². The number of hydrogen-bond acceptors (Lipinski definition) is 5. The van der Waals surface area contributed by atoms with Crippen LogP contribution in [0.15, 0.2) is 29.5 Å². The Morgan fingerprint density at radius 3 is 2.74 bits per heavy atom. The number of urea groups is 1. The van der Waals surface area contributed by atoms with Crippen molar-refractivity contribution >= 4 is 12.0 Å². The third kappa shape index (κ3) is 3.08. The van der Waals surface area contributed by atoms with Gasteiger partial charge in [0.1, 0.15) is 0 Å². The monoisotopic (exact) mass is 320 g/mol. The third-order valence-corrected chi connectivity index (χ3v) is 3.78. The lowest BCUT2D eigenvalue weighted by atomic mass is 9.95. The van der Waals surface area contributed by atoms with Gasteiger partial charge in [0.2, 0.25) is 0 Å². The molecule has 1 aromatic rings. The van der Waals surface area contributed by atoms with Crippen LogP contribution in [0.1, 0.15) is 25.5 Å². The summed E-state index contributed by atoms with van der Waals surface area (Å²) in [7, 11) is 2.87. The van der Waals surface area contributed by atoms with Crippen LogP contribution in [0.5, 0.6) is 11.5 Å². The minimum atomic E-state index is -0.675. The number of phenols is 1. The van der Waals surface area contributed by atoms with Gasteiger partial charge in [-0.15, -0.1) is 0 Å². The largest absolute Gasteiger partial charge is 0.504 e. The van der Waals surface area contributed by atoms with Gasteiger partial charge in [-0.2, -0.15) is 0 Å². The number of allylic oxidation sites excluding steroid dienone is 1. The number of nitrogens with zero attached hydrogens (tertiary/aromatic N) is 1. The quantitative estimate of drug-likeness (QED) is 0.828. The highest BCUT2D eigenvalue weighted by Gasteiger charge is 2.35. The molecule has 2 rings (SSSR count). The molecule has 1 aromatic carbocycles. The number of phenolic OH excluding ortho intramolecular Hbond substituents is 1. The molecule has 2 N–H and O–H groups in total. The van der Waals surface area contributed by atoms with E-state index in [-0.39, 0.29) is 11.8 Å². The maximum atomic E-state index is 12.2. The maximum absolute atomic E-state index is 12.2. The lowest BCUT2D eigenvalue weighted by Gasteiger charge is -2.33. The van der Waals surface area contributed by atoms with E-state index < -0.39 is 12.0 Å². The fourth-order valence-electron chi connectivity index (χ4n) is 2.44. The van der Waals surface area contributed by atoms with E-state index in [2.05, 4.69) is 5.32 Å². The van der Waals surface area contributed by atoms with Crippen LogP contribution in [0, 0.1) is 0 Å². The zero-order chi connectivity index (χ0) is 17.1. The van der Waals surface area contributed by atoms with E-state index in [0.717, 1.165) is 0 Å². The summed E-state index contributed by atoms with van der Waals surface area (Å²) in [6, 6.07) is 3.70. The molecule has 0 saturated carbocycles. The summed E-state index contributed by atoms with van der Waals surface area (Å²) >= 11 is 0. The molecule has 0 fully saturated rings. The zero-order valence-corrected chi connectivity index (χ0v) is 13.5. The van der Waals surface area contributed by atoms with Crippen molar-refractivity contribution in [2.45, 2.75) is 19.9 Å². The molecule has 0 bridgehead atoms. The number of hydrogen-bond donors (Lipinski definition) is 2. The van der Waals surface area contributed by atoms with Gasteiger partial charge in [-0.3, -0.25) is 0 Å². The highest BCUT2D eigenvalue weighted by molar-refractivity contribution is 5.94. The maximum Gasteiger partial charge on any atom is 0.337 e. The lowest BCUT2D eigenvalue weighted by molar-refractivity contribution is -0.136. The van der Waals surface area contributed by atoms with Crippen LogP contribution in [0.25, 0.3) is 0 Å². The number of nitrogens with one attached hydrogen (secondary N) is 1. The average Bonchev–Trinajstić information content (AvgIpc) is 2.54. The van der Waals surface area contributed by atoms with Crippen LogP contribution >= 0.6 is 0 Å². The summed E-state index contributed by atoms with van der Waals surface area (Å²) in [6.45, 7) is 3.87. The first-order chi connectivity index (χ1) is 10.9. The standard InChI is InChI=1S/C16H20N2O5/c1-5-23-12-8-10(6-7-11(12)19)14-13(15(20)22-4)9(2)18(3)16(21)17-14/h6-8,14,19H,5H2,1-4H3,(H,17,21)/t14-/m1/s1. The first-order valence-electron chi connectivity index (χ1n) is 7.19. The molecule has 0 spiro atoms. The molecule has 1 aliphatic rings. The average molecular weight is 320 g/mol. The summed E-state index contributed by atoms with van der Waals surface area (Å²) in [4.78, 5) is 25.6. The number of carbonyl (C=O) groups is 2. The van der Waals surface area contributed by atoms with Crippen molar-refractivity contribution in [2.24, 2.45) is 0 Å². The van der Waals surface area contributed by atoms with Gasteiger partial charge in [0, 0.05) is 12.7 Å². The van der Waals surface area contributed by atoms with Crippen LogP contribution in [0.3, 0.4) is 0 Å². The van der Waals surface area contributed by atoms with E-state index in [1.54, 1.807) is 33.0 Å². The number of carbonyl (C=O) groups excluding carboxylic acids is 2. The Labute approximate surface area is 134 Å². The van der Waals surface area contributed by atoms with Crippen LogP contribution < -0.4 is 10.1 Å². The van der Waals surface area contributed by atoms with Gasteiger partial charge >= 0.3 is 12.0 Å². The Morgan fingerprint density at radius 1 is 1.43 bits per heavy atom. The molecule has 0 aliphatic carbocycles. The third-order valence-electron chi connectivity index (χ3n) is 3.78. The summed E-state index contributed by atoms with van der Waals surface area (Å²) < 4.78 is 10.2. The molecule has 7 heteroatoms. The number of rotatable bonds is 4. The van der Waals surface area contributed by atoms with E-state index in [9.17, 15) is 14.7 Å². The predicted octanol–water partition coefficient (Wildman–Crippen LogP) is 1.93. The van der Waals surface area contributed by atoms with Crippen molar-refractivity contribution in [3.05, 3.63) is 35.0 Å². The van der Waals surface area contributed by atoms with Crippen LogP contribution in [-0.4, -0.2) is 42.8 Å². The van der Waals surface area contributed by atoms with Gasteiger partial charge in [0.05, 0.1) is 25.3 Å². The SMILES string of the molecule is CCOc1cc([C@H]2NC(=O)N(C)C(C)=C2C(=O)OC)ccc1O. The Balaban J connectivity index is 2.53.